The van der Waals surface area contributed by atoms with Crippen LogP contribution in [0.2, 0.25) is 0 Å². The second-order valence-corrected chi connectivity index (χ2v) is 5.54. The Hall–Kier alpha value is -3.27. The number of alkyl halides is 3. The zero-order valence-corrected chi connectivity index (χ0v) is 13.9. The number of carbonyl (C=O) groups is 1. The molecule has 3 N–H and O–H groups in total. The lowest BCUT2D eigenvalue weighted by molar-refractivity contribution is -0.171. The molecule has 0 aliphatic heterocycles. The molecule has 0 fully saturated rings. The van der Waals surface area contributed by atoms with Crippen molar-refractivity contribution in [3.63, 3.8) is 0 Å². The number of aromatic nitrogens is 4. The smallest absolute Gasteiger partial charge is 0.328 e. The highest BCUT2D eigenvalue weighted by atomic mass is 19.4. The van der Waals surface area contributed by atoms with E-state index >= 15 is 0 Å². The van der Waals surface area contributed by atoms with Crippen molar-refractivity contribution in [2.45, 2.75) is 12.2 Å². The molecule has 27 heavy (non-hydrogen) atoms. The van der Waals surface area contributed by atoms with Gasteiger partial charge in [-0.05, 0) is 24.3 Å². The minimum atomic E-state index is -5.07. The maximum Gasteiger partial charge on any atom is 0.471 e. The van der Waals surface area contributed by atoms with Gasteiger partial charge in [0.25, 0.3) is 0 Å². The van der Waals surface area contributed by atoms with Crippen LogP contribution in [0, 0.1) is 0 Å². The third-order valence-electron chi connectivity index (χ3n) is 3.79. The van der Waals surface area contributed by atoms with Crippen LogP contribution in [-0.2, 0) is 4.79 Å². The zero-order valence-electron chi connectivity index (χ0n) is 13.9. The van der Waals surface area contributed by atoms with Crippen LogP contribution in [0.5, 0.6) is 0 Å². The molecular formula is C17H15F3N6O. The summed E-state index contributed by atoms with van der Waals surface area (Å²) < 4.78 is 39.5. The Labute approximate surface area is 152 Å². The molecular weight excluding hydrogens is 361 g/mol. The summed E-state index contributed by atoms with van der Waals surface area (Å²) in [5.74, 6) is -1.73. The predicted molar refractivity (Wildman–Crippen MR) is 91.4 cm³/mol. The first kappa shape index (κ1) is 18.5. The average molecular weight is 376 g/mol. The Balaban J connectivity index is 2.02. The summed E-state index contributed by atoms with van der Waals surface area (Å²) >= 11 is 0. The fourth-order valence-electron chi connectivity index (χ4n) is 2.56. The van der Waals surface area contributed by atoms with Crippen LogP contribution in [0.1, 0.15) is 11.9 Å². The Morgan fingerprint density at radius 2 is 1.81 bits per heavy atom. The second kappa shape index (κ2) is 7.54. The first-order valence-electron chi connectivity index (χ1n) is 7.90. The molecule has 1 amide bonds. The molecule has 0 spiro atoms. The summed E-state index contributed by atoms with van der Waals surface area (Å²) in [6.45, 7) is -0.290. The Morgan fingerprint density at radius 3 is 2.41 bits per heavy atom. The van der Waals surface area contributed by atoms with Gasteiger partial charge in [0.15, 0.2) is 5.82 Å². The van der Waals surface area contributed by atoms with E-state index in [-0.39, 0.29) is 23.9 Å². The van der Waals surface area contributed by atoms with Crippen molar-refractivity contribution in [2.24, 2.45) is 5.73 Å². The van der Waals surface area contributed by atoms with Crippen molar-refractivity contribution in [3.8, 4) is 11.4 Å². The molecule has 0 saturated heterocycles. The number of rotatable bonds is 5. The molecule has 2 heterocycles. The van der Waals surface area contributed by atoms with E-state index < -0.39 is 18.1 Å². The fourth-order valence-corrected chi connectivity index (χ4v) is 2.56. The van der Waals surface area contributed by atoms with E-state index in [9.17, 15) is 18.0 Å². The highest BCUT2D eigenvalue weighted by molar-refractivity contribution is 5.98. The molecule has 0 bridgehead atoms. The minimum Gasteiger partial charge on any atom is -0.328 e. The number of benzene rings is 1. The molecule has 0 radical (unpaired) electrons. The van der Waals surface area contributed by atoms with E-state index in [4.69, 9.17) is 5.73 Å². The highest BCUT2D eigenvalue weighted by Crippen LogP contribution is 2.31. The van der Waals surface area contributed by atoms with Gasteiger partial charge >= 0.3 is 12.1 Å². The SMILES string of the molecule is NCC(c1nc(-c2ccncc2)n[nH]1)N(C(=O)C(F)(F)F)c1ccccc1. The van der Waals surface area contributed by atoms with Crippen LogP contribution in [0.25, 0.3) is 11.4 Å². The van der Waals surface area contributed by atoms with Crippen LogP contribution in [0.15, 0.2) is 54.9 Å². The van der Waals surface area contributed by atoms with Crippen molar-refractivity contribution in [1.82, 2.24) is 20.2 Å². The van der Waals surface area contributed by atoms with E-state index in [0.29, 0.717) is 10.5 Å². The van der Waals surface area contributed by atoms with Gasteiger partial charge in [-0.2, -0.15) is 18.3 Å². The lowest BCUT2D eigenvalue weighted by Gasteiger charge is -2.30. The maximum absolute atomic E-state index is 13.2. The van der Waals surface area contributed by atoms with E-state index in [1.54, 1.807) is 18.2 Å². The third-order valence-corrected chi connectivity index (χ3v) is 3.79. The number of H-pyrrole nitrogens is 1. The number of halogens is 3. The molecule has 0 aliphatic rings. The number of anilines is 1. The Morgan fingerprint density at radius 1 is 1.15 bits per heavy atom. The Kier molecular flexibility index (Phi) is 5.17. The van der Waals surface area contributed by atoms with Gasteiger partial charge in [0.1, 0.15) is 11.9 Å². The Bertz CT molecular complexity index is 898. The van der Waals surface area contributed by atoms with Gasteiger partial charge in [-0.25, -0.2) is 4.98 Å². The topological polar surface area (TPSA) is 101 Å². The predicted octanol–water partition coefficient (Wildman–Crippen LogP) is 2.46. The average Bonchev–Trinajstić information content (AvgIpc) is 3.16. The normalized spacial score (nSPS) is 12.6. The summed E-state index contributed by atoms with van der Waals surface area (Å²) in [5, 5.41) is 6.60. The first-order chi connectivity index (χ1) is 12.9. The molecule has 3 rings (SSSR count). The molecule has 0 aliphatic carbocycles. The second-order valence-electron chi connectivity index (χ2n) is 5.54. The molecule has 1 unspecified atom stereocenters. The number of hydrogen-bond donors (Lipinski definition) is 2. The summed E-state index contributed by atoms with van der Waals surface area (Å²) in [7, 11) is 0. The van der Waals surface area contributed by atoms with Crippen LogP contribution in [0.3, 0.4) is 0 Å². The number of carbonyl (C=O) groups excluding carboxylic acids is 1. The minimum absolute atomic E-state index is 0.0470. The van der Waals surface area contributed by atoms with Gasteiger partial charge in [-0.1, -0.05) is 18.2 Å². The molecule has 140 valence electrons. The van der Waals surface area contributed by atoms with Gasteiger partial charge in [-0.15, -0.1) is 0 Å². The molecule has 1 atom stereocenters. The standard InChI is InChI=1S/C17H15F3N6O/c18-17(19,20)16(27)26(12-4-2-1-3-5-12)13(10-21)15-23-14(24-25-15)11-6-8-22-9-7-11/h1-9,13H,10,21H2,(H,23,24,25). The van der Waals surface area contributed by atoms with Crippen LogP contribution < -0.4 is 10.6 Å². The van der Waals surface area contributed by atoms with Crippen molar-refractivity contribution in [2.75, 3.05) is 11.4 Å². The number of pyridine rings is 1. The number of nitrogens with two attached hydrogens (primary N) is 1. The van der Waals surface area contributed by atoms with E-state index in [0.717, 1.165) is 0 Å². The van der Waals surface area contributed by atoms with Gasteiger partial charge in [-0.3, -0.25) is 19.8 Å². The van der Waals surface area contributed by atoms with Crippen LogP contribution in [-0.4, -0.2) is 38.8 Å². The number of amides is 1. The summed E-state index contributed by atoms with van der Waals surface area (Å²) in [6, 6.07) is 9.61. The monoisotopic (exact) mass is 376 g/mol. The molecule has 7 nitrogen and oxygen atoms in total. The van der Waals surface area contributed by atoms with Crippen molar-refractivity contribution < 1.29 is 18.0 Å². The van der Waals surface area contributed by atoms with Gasteiger partial charge in [0.2, 0.25) is 0 Å². The van der Waals surface area contributed by atoms with E-state index in [1.165, 1.54) is 36.7 Å². The maximum atomic E-state index is 13.2. The largest absolute Gasteiger partial charge is 0.471 e. The summed E-state index contributed by atoms with van der Waals surface area (Å²) in [6.07, 6.45) is -2.00. The lowest BCUT2D eigenvalue weighted by Crippen LogP contribution is -2.46. The number of para-hydroxylation sites is 1. The van der Waals surface area contributed by atoms with Crippen molar-refractivity contribution in [3.05, 3.63) is 60.7 Å². The van der Waals surface area contributed by atoms with E-state index in [2.05, 4.69) is 20.2 Å². The van der Waals surface area contributed by atoms with Gasteiger partial charge < -0.3 is 5.73 Å². The zero-order chi connectivity index (χ0) is 19.4. The number of aromatic amines is 1. The van der Waals surface area contributed by atoms with Crippen molar-refractivity contribution >= 4 is 11.6 Å². The highest BCUT2D eigenvalue weighted by Gasteiger charge is 2.46. The fraction of sp³-hybridized carbons (Fsp3) is 0.176. The number of hydrogen-bond acceptors (Lipinski definition) is 5. The number of nitrogens with one attached hydrogen (secondary N) is 1. The third kappa shape index (κ3) is 3.95. The number of nitrogens with zero attached hydrogens (tertiary/aromatic N) is 4. The van der Waals surface area contributed by atoms with Crippen molar-refractivity contribution in [1.29, 1.82) is 0 Å². The van der Waals surface area contributed by atoms with Crippen LogP contribution in [0.4, 0.5) is 18.9 Å². The van der Waals surface area contributed by atoms with E-state index in [1.807, 2.05) is 0 Å². The molecule has 10 heteroatoms. The lowest BCUT2D eigenvalue weighted by atomic mass is 10.1. The summed E-state index contributed by atoms with van der Waals surface area (Å²) in [5.41, 5.74) is 6.39. The first-order valence-corrected chi connectivity index (χ1v) is 7.90. The molecule has 1 aromatic carbocycles. The van der Waals surface area contributed by atoms with Crippen LogP contribution >= 0.6 is 0 Å². The molecule has 3 aromatic rings. The quantitative estimate of drug-likeness (QED) is 0.712. The van der Waals surface area contributed by atoms with Gasteiger partial charge in [0, 0.05) is 30.2 Å². The van der Waals surface area contributed by atoms with Gasteiger partial charge in [0.05, 0.1) is 0 Å². The molecule has 0 saturated carbocycles. The summed E-state index contributed by atoms with van der Waals surface area (Å²) in [4.78, 5) is 20.8. The molecule has 2 aromatic heterocycles.